The van der Waals surface area contributed by atoms with Crippen LogP contribution in [0.4, 0.5) is 5.69 Å². The van der Waals surface area contributed by atoms with Crippen LogP contribution in [-0.4, -0.2) is 26.2 Å². The lowest BCUT2D eigenvalue weighted by molar-refractivity contribution is 0.0976. The summed E-state index contributed by atoms with van der Waals surface area (Å²) in [6.45, 7) is 1.43. The molecule has 1 amide bonds. The van der Waals surface area contributed by atoms with Crippen molar-refractivity contribution in [3.63, 3.8) is 0 Å². The Balaban J connectivity index is 1.94. The second kappa shape index (κ2) is 6.07. The van der Waals surface area contributed by atoms with Crippen molar-refractivity contribution in [2.24, 2.45) is 5.73 Å². The average Bonchev–Trinajstić information content (AvgIpc) is 2.60. The Morgan fingerprint density at radius 1 is 1.32 bits per heavy atom. The highest BCUT2D eigenvalue weighted by molar-refractivity contribution is 6.07. The number of hydrogen-bond donors (Lipinski definition) is 1. The molecule has 3 rings (SSSR count). The number of amides is 1. The number of nitrogens with two attached hydrogens (primary N) is 1. The van der Waals surface area contributed by atoms with E-state index in [1.807, 2.05) is 30.3 Å². The quantitative estimate of drug-likeness (QED) is 0.943. The number of benzene rings is 2. The highest BCUT2D eigenvalue weighted by Crippen LogP contribution is 2.33. The van der Waals surface area contributed by atoms with Gasteiger partial charge in [0.1, 0.15) is 18.1 Å². The van der Waals surface area contributed by atoms with Crippen molar-refractivity contribution in [3.05, 3.63) is 53.6 Å². The van der Waals surface area contributed by atoms with E-state index in [2.05, 4.69) is 0 Å². The van der Waals surface area contributed by atoms with Gasteiger partial charge in [-0.3, -0.25) is 4.79 Å². The Morgan fingerprint density at radius 3 is 2.95 bits per heavy atom. The second-order valence-electron chi connectivity index (χ2n) is 5.04. The van der Waals surface area contributed by atoms with Gasteiger partial charge in [-0.1, -0.05) is 12.1 Å². The van der Waals surface area contributed by atoms with E-state index in [1.54, 1.807) is 24.1 Å². The summed E-state index contributed by atoms with van der Waals surface area (Å²) in [7, 11) is 1.59. The molecule has 0 saturated carbocycles. The molecule has 0 spiro atoms. The summed E-state index contributed by atoms with van der Waals surface area (Å²) < 4.78 is 10.8. The minimum Gasteiger partial charge on any atom is -0.497 e. The highest BCUT2D eigenvalue weighted by Gasteiger charge is 2.25. The predicted octanol–water partition coefficient (Wildman–Crippen LogP) is 2.19. The summed E-state index contributed by atoms with van der Waals surface area (Å²) >= 11 is 0. The standard InChI is InChI=1S/C17H18N2O3/c1-21-14-4-2-3-13(10-14)17(20)19-7-8-22-16-9-12(11-18)5-6-15(16)19/h2-6,9-10H,7-8,11,18H2,1H3. The van der Waals surface area contributed by atoms with Gasteiger partial charge in [0.2, 0.25) is 0 Å². The van der Waals surface area contributed by atoms with Crippen LogP contribution in [0, 0.1) is 0 Å². The van der Waals surface area contributed by atoms with Gasteiger partial charge in [-0.25, -0.2) is 0 Å². The van der Waals surface area contributed by atoms with Gasteiger partial charge >= 0.3 is 0 Å². The van der Waals surface area contributed by atoms with Crippen molar-refractivity contribution < 1.29 is 14.3 Å². The zero-order valence-electron chi connectivity index (χ0n) is 12.4. The molecule has 1 aliphatic rings. The lowest BCUT2D eigenvalue weighted by Gasteiger charge is -2.30. The number of carbonyl (C=O) groups excluding carboxylic acids is 1. The molecule has 5 heteroatoms. The third-order valence-electron chi connectivity index (χ3n) is 3.69. The zero-order valence-corrected chi connectivity index (χ0v) is 12.4. The van der Waals surface area contributed by atoms with E-state index >= 15 is 0 Å². The molecular formula is C17H18N2O3. The van der Waals surface area contributed by atoms with Crippen molar-refractivity contribution in [3.8, 4) is 11.5 Å². The first-order chi connectivity index (χ1) is 10.7. The normalized spacial score (nSPS) is 13.3. The van der Waals surface area contributed by atoms with E-state index in [0.717, 1.165) is 11.3 Å². The van der Waals surface area contributed by atoms with Crippen LogP contribution < -0.4 is 20.1 Å². The number of carbonyl (C=O) groups is 1. The van der Waals surface area contributed by atoms with Gasteiger partial charge in [0.25, 0.3) is 5.91 Å². The molecular weight excluding hydrogens is 280 g/mol. The third kappa shape index (κ3) is 2.63. The van der Waals surface area contributed by atoms with E-state index in [1.165, 1.54) is 0 Å². The Hall–Kier alpha value is -2.53. The largest absolute Gasteiger partial charge is 0.497 e. The molecule has 2 aromatic carbocycles. The Labute approximate surface area is 129 Å². The summed E-state index contributed by atoms with van der Waals surface area (Å²) in [5, 5.41) is 0. The maximum Gasteiger partial charge on any atom is 0.258 e. The van der Waals surface area contributed by atoms with Gasteiger partial charge in [0, 0.05) is 12.1 Å². The monoisotopic (exact) mass is 298 g/mol. The minimum atomic E-state index is -0.0658. The fraction of sp³-hybridized carbons (Fsp3) is 0.235. The van der Waals surface area contributed by atoms with Crippen LogP contribution in [0.25, 0.3) is 0 Å². The molecule has 0 aromatic heterocycles. The number of rotatable bonds is 3. The number of ether oxygens (including phenoxy) is 2. The summed E-state index contributed by atoms with van der Waals surface area (Å²) in [6, 6.07) is 12.8. The van der Waals surface area contributed by atoms with Gasteiger partial charge in [0.05, 0.1) is 19.3 Å². The van der Waals surface area contributed by atoms with Gasteiger partial charge in [0.15, 0.2) is 0 Å². The van der Waals surface area contributed by atoms with Gasteiger partial charge < -0.3 is 20.1 Å². The van der Waals surface area contributed by atoms with Crippen LogP contribution in [0.1, 0.15) is 15.9 Å². The minimum absolute atomic E-state index is 0.0658. The Morgan fingerprint density at radius 2 is 2.18 bits per heavy atom. The molecule has 2 aromatic rings. The first-order valence-electron chi connectivity index (χ1n) is 7.14. The third-order valence-corrected chi connectivity index (χ3v) is 3.69. The molecule has 5 nitrogen and oxygen atoms in total. The van der Waals surface area contributed by atoms with Gasteiger partial charge in [-0.05, 0) is 35.9 Å². The first-order valence-corrected chi connectivity index (χ1v) is 7.14. The Bertz CT molecular complexity index is 700. The molecule has 0 fully saturated rings. The van der Waals surface area contributed by atoms with Gasteiger partial charge in [-0.2, -0.15) is 0 Å². The molecule has 0 atom stereocenters. The van der Waals surface area contributed by atoms with Crippen LogP contribution in [0.5, 0.6) is 11.5 Å². The lowest BCUT2D eigenvalue weighted by atomic mass is 10.1. The summed E-state index contributed by atoms with van der Waals surface area (Å²) in [5.41, 5.74) is 8.00. The summed E-state index contributed by atoms with van der Waals surface area (Å²) in [6.07, 6.45) is 0. The number of methoxy groups -OCH3 is 1. The van der Waals surface area contributed by atoms with Crippen LogP contribution in [0.15, 0.2) is 42.5 Å². The maximum atomic E-state index is 12.8. The fourth-order valence-electron chi connectivity index (χ4n) is 2.51. The number of fused-ring (bicyclic) bond motifs is 1. The van der Waals surface area contributed by atoms with Crippen LogP contribution >= 0.6 is 0 Å². The van der Waals surface area contributed by atoms with Gasteiger partial charge in [-0.15, -0.1) is 0 Å². The van der Waals surface area contributed by atoms with E-state index in [0.29, 0.717) is 36.8 Å². The van der Waals surface area contributed by atoms with Crippen LogP contribution in [0.3, 0.4) is 0 Å². The lowest BCUT2D eigenvalue weighted by Crippen LogP contribution is -2.38. The maximum absolute atomic E-state index is 12.8. The van der Waals surface area contributed by atoms with Crippen molar-refractivity contribution in [1.29, 1.82) is 0 Å². The predicted molar refractivity (Wildman–Crippen MR) is 84.5 cm³/mol. The Kier molecular flexibility index (Phi) is 3.98. The van der Waals surface area contributed by atoms with E-state index in [4.69, 9.17) is 15.2 Å². The first kappa shape index (κ1) is 14.4. The molecule has 1 aliphatic heterocycles. The molecule has 1 heterocycles. The molecule has 0 bridgehead atoms. The molecule has 0 radical (unpaired) electrons. The summed E-state index contributed by atoms with van der Waals surface area (Å²) in [5.74, 6) is 1.30. The molecule has 0 aliphatic carbocycles. The number of nitrogens with zero attached hydrogens (tertiary/aromatic N) is 1. The van der Waals surface area contributed by atoms with Crippen molar-refractivity contribution in [2.45, 2.75) is 6.54 Å². The van der Waals surface area contributed by atoms with E-state index in [9.17, 15) is 4.79 Å². The van der Waals surface area contributed by atoms with E-state index < -0.39 is 0 Å². The smallest absolute Gasteiger partial charge is 0.258 e. The average molecular weight is 298 g/mol. The van der Waals surface area contributed by atoms with Crippen molar-refractivity contribution in [2.75, 3.05) is 25.2 Å². The molecule has 0 unspecified atom stereocenters. The van der Waals surface area contributed by atoms with Crippen molar-refractivity contribution in [1.82, 2.24) is 0 Å². The molecule has 22 heavy (non-hydrogen) atoms. The summed E-state index contributed by atoms with van der Waals surface area (Å²) in [4.78, 5) is 14.5. The topological polar surface area (TPSA) is 64.8 Å². The molecule has 0 saturated heterocycles. The fourth-order valence-corrected chi connectivity index (χ4v) is 2.51. The van der Waals surface area contributed by atoms with Crippen molar-refractivity contribution >= 4 is 11.6 Å². The van der Waals surface area contributed by atoms with Crippen LogP contribution in [0.2, 0.25) is 0 Å². The molecule has 114 valence electrons. The van der Waals surface area contributed by atoms with E-state index in [-0.39, 0.29) is 5.91 Å². The second-order valence-corrected chi connectivity index (χ2v) is 5.04. The SMILES string of the molecule is COc1cccc(C(=O)N2CCOc3cc(CN)ccc32)c1. The van der Waals surface area contributed by atoms with Crippen LogP contribution in [-0.2, 0) is 6.54 Å². The molecule has 2 N–H and O–H groups in total. The highest BCUT2D eigenvalue weighted by atomic mass is 16.5. The zero-order chi connectivity index (χ0) is 15.5. The number of hydrogen-bond acceptors (Lipinski definition) is 4. The number of anilines is 1.